The lowest BCUT2D eigenvalue weighted by atomic mass is 10.1. The van der Waals surface area contributed by atoms with Gasteiger partial charge in [-0.2, -0.15) is 0 Å². The van der Waals surface area contributed by atoms with Crippen molar-refractivity contribution in [1.29, 1.82) is 0 Å². The summed E-state index contributed by atoms with van der Waals surface area (Å²) in [6.07, 6.45) is 3.86. The molecule has 7 heteroatoms. The minimum Gasteiger partial charge on any atom is -0.333 e. The van der Waals surface area contributed by atoms with E-state index in [0.29, 0.717) is 5.75 Å². The average Bonchev–Trinajstić information content (AvgIpc) is 2.95. The molecule has 124 valence electrons. The molecular weight excluding hydrogens is 314 g/mol. The smallest absolute Gasteiger partial charge is 0.269 e. The molecule has 2 fully saturated rings. The standard InChI is InChI=1S/C16H21N3O3S/c20-15-12-23-16(13-5-4-6-14(11-13)19(21)22)18(15)10-9-17-7-2-1-3-8-17/h4-6,11,16H,1-3,7-10,12H2/p+1/t16-/m1/s1. The number of nitrogens with zero attached hydrogens (tertiary/aromatic N) is 2. The molecule has 0 bridgehead atoms. The van der Waals surface area contributed by atoms with E-state index in [-0.39, 0.29) is 21.9 Å². The fourth-order valence-electron chi connectivity index (χ4n) is 3.34. The van der Waals surface area contributed by atoms with E-state index in [9.17, 15) is 14.9 Å². The maximum atomic E-state index is 12.2. The quantitative estimate of drug-likeness (QED) is 0.649. The molecule has 1 aromatic rings. The molecule has 0 aliphatic carbocycles. The maximum Gasteiger partial charge on any atom is 0.269 e. The van der Waals surface area contributed by atoms with Gasteiger partial charge in [0.15, 0.2) is 0 Å². The number of carbonyl (C=O) groups excluding carboxylic acids is 1. The summed E-state index contributed by atoms with van der Waals surface area (Å²) in [6.45, 7) is 4.08. The fraction of sp³-hybridized carbons (Fsp3) is 0.562. The number of rotatable bonds is 5. The van der Waals surface area contributed by atoms with Crippen molar-refractivity contribution in [3.05, 3.63) is 39.9 Å². The van der Waals surface area contributed by atoms with Crippen LogP contribution in [-0.4, -0.2) is 47.7 Å². The first-order valence-corrected chi connectivity index (χ1v) is 9.19. The van der Waals surface area contributed by atoms with E-state index in [1.165, 1.54) is 38.4 Å². The third-order valence-corrected chi connectivity index (χ3v) is 5.86. The zero-order valence-electron chi connectivity index (χ0n) is 13.1. The minimum atomic E-state index is -0.382. The van der Waals surface area contributed by atoms with Crippen molar-refractivity contribution in [2.24, 2.45) is 0 Å². The lowest BCUT2D eigenvalue weighted by molar-refractivity contribution is -0.904. The highest BCUT2D eigenvalue weighted by atomic mass is 32.2. The highest BCUT2D eigenvalue weighted by molar-refractivity contribution is 8.00. The monoisotopic (exact) mass is 336 g/mol. The predicted octanol–water partition coefficient (Wildman–Crippen LogP) is 1.24. The number of piperidine rings is 1. The van der Waals surface area contributed by atoms with Gasteiger partial charge in [0.2, 0.25) is 5.91 Å². The van der Waals surface area contributed by atoms with Crippen LogP contribution in [0.15, 0.2) is 24.3 Å². The largest absolute Gasteiger partial charge is 0.333 e. The molecule has 0 radical (unpaired) electrons. The van der Waals surface area contributed by atoms with Crippen LogP contribution in [0.2, 0.25) is 0 Å². The summed E-state index contributed by atoms with van der Waals surface area (Å²) < 4.78 is 0. The van der Waals surface area contributed by atoms with Crippen LogP contribution in [0, 0.1) is 10.1 Å². The van der Waals surface area contributed by atoms with Crippen LogP contribution in [0.4, 0.5) is 5.69 Å². The van der Waals surface area contributed by atoms with Gasteiger partial charge in [0, 0.05) is 12.1 Å². The highest BCUT2D eigenvalue weighted by Gasteiger charge is 2.34. The molecule has 2 aliphatic heterocycles. The summed E-state index contributed by atoms with van der Waals surface area (Å²) >= 11 is 1.56. The summed E-state index contributed by atoms with van der Waals surface area (Å²) in [5.74, 6) is 0.603. The second kappa shape index (κ2) is 7.31. The molecule has 2 aliphatic rings. The molecule has 2 saturated heterocycles. The van der Waals surface area contributed by atoms with Crippen molar-refractivity contribution < 1.29 is 14.6 Å². The van der Waals surface area contributed by atoms with Crippen molar-refractivity contribution in [3.8, 4) is 0 Å². The van der Waals surface area contributed by atoms with E-state index >= 15 is 0 Å². The molecule has 6 nitrogen and oxygen atoms in total. The van der Waals surface area contributed by atoms with E-state index in [4.69, 9.17) is 0 Å². The molecule has 3 rings (SSSR count). The van der Waals surface area contributed by atoms with Crippen molar-refractivity contribution >= 4 is 23.4 Å². The molecule has 1 atom stereocenters. The van der Waals surface area contributed by atoms with Crippen molar-refractivity contribution in [3.63, 3.8) is 0 Å². The second-order valence-corrected chi connectivity index (χ2v) is 7.23. The number of carbonyl (C=O) groups is 1. The lowest BCUT2D eigenvalue weighted by Crippen LogP contribution is -3.13. The number of amides is 1. The Bertz CT molecular complexity index is 590. The zero-order valence-corrected chi connectivity index (χ0v) is 13.9. The number of non-ortho nitro benzene ring substituents is 1. The van der Waals surface area contributed by atoms with Gasteiger partial charge in [-0.25, -0.2) is 0 Å². The topological polar surface area (TPSA) is 67.9 Å². The average molecular weight is 336 g/mol. The van der Waals surface area contributed by atoms with Crippen molar-refractivity contribution in [1.82, 2.24) is 4.90 Å². The molecule has 23 heavy (non-hydrogen) atoms. The number of hydrogen-bond donors (Lipinski definition) is 1. The number of benzene rings is 1. The predicted molar refractivity (Wildman–Crippen MR) is 89.4 cm³/mol. The van der Waals surface area contributed by atoms with Gasteiger partial charge in [-0.05, 0) is 24.8 Å². The van der Waals surface area contributed by atoms with Gasteiger partial charge in [0.05, 0.1) is 36.9 Å². The molecule has 2 heterocycles. The first-order valence-electron chi connectivity index (χ1n) is 8.14. The number of nitro groups is 1. The summed E-state index contributed by atoms with van der Waals surface area (Å²) in [4.78, 5) is 26.3. The van der Waals surface area contributed by atoms with Crippen LogP contribution >= 0.6 is 11.8 Å². The molecule has 0 aromatic heterocycles. The normalized spacial score (nSPS) is 22.5. The van der Waals surface area contributed by atoms with Crippen molar-refractivity contribution in [2.45, 2.75) is 24.6 Å². The van der Waals surface area contributed by atoms with E-state index < -0.39 is 0 Å². The number of likely N-dealkylation sites (tertiary alicyclic amines) is 1. The Hall–Kier alpha value is -1.60. The van der Waals surface area contributed by atoms with Crippen LogP contribution in [0.5, 0.6) is 0 Å². The molecular formula is C16H22N3O3S+. The van der Waals surface area contributed by atoms with Crippen LogP contribution in [0.1, 0.15) is 30.2 Å². The maximum absolute atomic E-state index is 12.2. The summed E-state index contributed by atoms with van der Waals surface area (Å²) in [5, 5.41) is 10.9. The Morgan fingerprint density at radius 2 is 2.09 bits per heavy atom. The van der Waals surface area contributed by atoms with E-state index in [0.717, 1.165) is 18.7 Å². The van der Waals surface area contributed by atoms with E-state index in [1.807, 2.05) is 11.0 Å². The molecule has 1 amide bonds. The van der Waals surface area contributed by atoms with Crippen LogP contribution in [-0.2, 0) is 4.79 Å². The Morgan fingerprint density at radius 3 is 2.83 bits per heavy atom. The number of nitrogens with one attached hydrogen (secondary N) is 1. The number of thioether (sulfide) groups is 1. The Balaban J connectivity index is 1.69. The molecule has 0 spiro atoms. The summed E-state index contributed by atoms with van der Waals surface area (Å²) in [5.41, 5.74) is 0.938. The van der Waals surface area contributed by atoms with Crippen LogP contribution in [0.25, 0.3) is 0 Å². The summed E-state index contributed by atoms with van der Waals surface area (Å²) in [6, 6.07) is 6.67. The minimum absolute atomic E-state index is 0.0871. The van der Waals surface area contributed by atoms with Gasteiger partial charge in [-0.1, -0.05) is 12.1 Å². The third-order valence-electron chi connectivity index (χ3n) is 4.60. The van der Waals surface area contributed by atoms with Crippen LogP contribution < -0.4 is 4.90 Å². The van der Waals surface area contributed by atoms with Gasteiger partial charge >= 0.3 is 0 Å². The lowest BCUT2D eigenvalue weighted by Gasteiger charge is -2.28. The first-order chi connectivity index (χ1) is 11.1. The van der Waals surface area contributed by atoms with Gasteiger partial charge in [0.25, 0.3) is 5.69 Å². The van der Waals surface area contributed by atoms with Gasteiger partial charge in [-0.15, -0.1) is 11.8 Å². The number of nitro benzene ring substituents is 1. The molecule has 1 N–H and O–H groups in total. The Kier molecular flexibility index (Phi) is 5.17. The molecule has 0 unspecified atom stereocenters. The van der Waals surface area contributed by atoms with Crippen molar-refractivity contribution in [2.75, 3.05) is 31.9 Å². The SMILES string of the molecule is O=C1CS[C@H](c2cccc([N+](=O)[O-])c2)N1CC[NH+]1CCCCC1. The van der Waals surface area contributed by atoms with Gasteiger partial charge in [-0.3, -0.25) is 14.9 Å². The molecule has 1 aromatic carbocycles. The summed E-state index contributed by atoms with van der Waals surface area (Å²) in [7, 11) is 0. The number of hydrogen-bond acceptors (Lipinski definition) is 4. The fourth-order valence-corrected chi connectivity index (χ4v) is 4.55. The second-order valence-electron chi connectivity index (χ2n) is 6.16. The third kappa shape index (κ3) is 3.84. The Morgan fingerprint density at radius 1 is 1.30 bits per heavy atom. The van der Waals surface area contributed by atoms with Crippen LogP contribution in [0.3, 0.4) is 0 Å². The zero-order chi connectivity index (χ0) is 16.2. The van der Waals surface area contributed by atoms with Gasteiger partial charge in [0.1, 0.15) is 5.37 Å². The van der Waals surface area contributed by atoms with E-state index in [2.05, 4.69) is 0 Å². The number of quaternary nitrogens is 1. The van der Waals surface area contributed by atoms with E-state index in [1.54, 1.807) is 28.8 Å². The first kappa shape index (κ1) is 16.3. The molecule has 0 saturated carbocycles. The Labute approximate surface area is 140 Å². The van der Waals surface area contributed by atoms with Gasteiger partial charge < -0.3 is 9.80 Å². The highest BCUT2D eigenvalue weighted by Crippen LogP contribution is 2.39.